The molecule has 0 bridgehead atoms. The van der Waals surface area contributed by atoms with Crippen LogP contribution in [0.5, 0.6) is 5.75 Å². The number of aliphatic hydroxyl groups excluding tert-OH is 2. The van der Waals surface area contributed by atoms with E-state index < -0.39 is 52.6 Å². The number of ketones is 2. The summed E-state index contributed by atoms with van der Waals surface area (Å²) in [6, 6.07) is 1.07. The molecule has 218 valence electrons. The van der Waals surface area contributed by atoms with E-state index >= 15 is 0 Å². The van der Waals surface area contributed by atoms with Crippen LogP contribution in [-0.4, -0.2) is 83.5 Å². The lowest BCUT2D eigenvalue weighted by molar-refractivity contribution is -0.136. The van der Waals surface area contributed by atoms with Crippen molar-refractivity contribution in [1.29, 1.82) is 0 Å². The van der Waals surface area contributed by atoms with Gasteiger partial charge < -0.3 is 26.0 Å². The summed E-state index contributed by atoms with van der Waals surface area (Å²) in [5.41, 5.74) is 6.93. The Morgan fingerprint density at radius 3 is 2.23 bits per heavy atom. The Bertz CT molecular complexity index is 1340. The topological polar surface area (TPSA) is 174 Å². The zero-order valence-corrected chi connectivity index (χ0v) is 24.3. The summed E-state index contributed by atoms with van der Waals surface area (Å²) >= 11 is 0. The second kappa shape index (κ2) is 10.2. The number of hydrogen-bond donors (Lipinski definition) is 5. The monoisotopic (exact) mass is 555 g/mol. The number of phenolic OH excluding ortho intramolecular Hbond substituents is 1. The highest BCUT2D eigenvalue weighted by Crippen LogP contribution is 2.52. The van der Waals surface area contributed by atoms with Gasteiger partial charge in [-0.25, -0.2) is 5.01 Å². The third kappa shape index (κ3) is 4.86. The summed E-state index contributed by atoms with van der Waals surface area (Å²) < 4.78 is 0. The first-order valence-corrected chi connectivity index (χ1v) is 13.4. The van der Waals surface area contributed by atoms with Crippen molar-refractivity contribution in [2.24, 2.45) is 34.7 Å². The first-order chi connectivity index (χ1) is 18.5. The van der Waals surface area contributed by atoms with Crippen LogP contribution >= 0.6 is 0 Å². The Morgan fingerprint density at radius 1 is 1.07 bits per heavy atom. The number of nitrogens with two attached hydrogens (primary N) is 2. The van der Waals surface area contributed by atoms with Gasteiger partial charge in [0.2, 0.25) is 0 Å². The van der Waals surface area contributed by atoms with E-state index in [1.807, 2.05) is 25.1 Å². The maximum atomic E-state index is 14.0. The average Bonchev–Trinajstić information content (AvgIpc) is 2.78. The summed E-state index contributed by atoms with van der Waals surface area (Å²) in [7, 11) is 7.11. The number of nitrogens with zero attached hydrogens (tertiary/aromatic N) is 3. The molecule has 0 aliphatic heterocycles. The number of aromatic hydroxyl groups is 1. The van der Waals surface area contributed by atoms with Crippen molar-refractivity contribution in [3.05, 3.63) is 39.7 Å². The maximum Gasteiger partial charge on any atom is 0.255 e. The minimum atomic E-state index is -1.29. The summed E-state index contributed by atoms with van der Waals surface area (Å²) in [4.78, 5) is 43.1. The van der Waals surface area contributed by atoms with Crippen LogP contribution in [0.25, 0.3) is 5.76 Å². The van der Waals surface area contributed by atoms with Gasteiger partial charge in [0.25, 0.3) is 5.91 Å². The Kier molecular flexibility index (Phi) is 7.55. The number of Topliss-reactive ketones (excluding diaryl/α,β-unsaturated/α-hetero) is 2. The number of fused-ring (bicyclic) bond motifs is 3. The van der Waals surface area contributed by atoms with E-state index in [1.54, 1.807) is 24.0 Å². The smallest absolute Gasteiger partial charge is 0.255 e. The van der Waals surface area contributed by atoms with Crippen molar-refractivity contribution in [3.63, 3.8) is 0 Å². The van der Waals surface area contributed by atoms with Gasteiger partial charge in [-0.05, 0) is 55.8 Å². The number of amides is 1. The van der Waals surface area contributed by atoms with E-state index in [2.05, 4.69) is 20.8 Å². The molecule has 1 saturated carbocycles. The summed E-state index contributed by atoms with van der Waals surface area (Å²) in [5.74, 6) is 0.383. The van der Waals surface area contributed by atoms with Crippen molar-refractivity contribution in [2.45, 2.75) is 46.2 Å². The van der Waals surface area contributed by atoms with Crippen molar-refractivity contribution < 1.29 is 29.7 Å². The molecule has 11 heteroatoms. The Hall–Kier alpha value is -3.41. The number of likely N-dealkylation sites (N-methyl/N-ethyl adjacent to an activating group) is 1. The number of rotatable bonds is 6. The number of carbonyl (C=O) groups excluding carboxylic acids is 3. The molecule has 3 aliphatic rings. The molecule has 3 aliphatic carbocycles. The molecule has 0 radical (unpaired) electrons. The molecule has 0 heterocycles. The zero-order chi connectivity index (χ0) is 30.0. The fourth-order valence-corrected chi connectivity index (χ4v) is 6.77. The number of aliphatic hydroxyl groups is 2. The molecular weight excluding hydrogens is 514 g/mol. The Labute approximate surface area is 234 Å². The number of carbonyl (C=O) groups is 3. The largest absolute Gasteiger partial charge is 0.510 e. The highest BCUT2D eigenvalue weighted by atomic mass is 16.3. The first-order valence-electron chi connectivity index (χ1n) is 13.4. The molecule has 1 aromatic rings. The third-order valence-corrected chi connectivity index (χ3v) is 8.15. The van der Waals surface area contributed by atoms with Gasteiger partial charge in [0, 0.05) is 44.0 Å². The van der Waals surface area contributed by atoms with Crippen LogP contribution in [-0.2, 0) is 27.3 Å². The average molecular weight is 556 g/mol. The van der Waals surface area contributed by atoms with Gasteiger partial charge in [0.1, 0.15) is 22.8 Å². The number of hydrazine groups is 1. The van der Waals surface area contributed by atoms with Gasteiger partial charge >= 0.3 is 0 Å². The maximum absolute atomic E-state index is 14.0. The quantitative estimate of drug-likeness (QED) is 0.150. The Balaban J connectivity index is 1.86. The van der Waals surface area contributed by atoms with Crippen LogP contribution in [0.15, 0.2) is 23.0 Å². The van der Waals surface area contributed by atoms with E-state index in [9.17, 15) is 29.7 Å². The molecular formula is C29H41N5O6. The minimum absolute atomic E-state index is 0.0567. The first kappa shape index (κ1) is 29.6. The zero-order valence-electron chi connectivity index (χ0n) is 24.3. The van der Waals surface area contributed by atoms with E-state index in [4.69, 9.17) is 11.6 Å². The molecule has 1 unspecified atom stereocenters. The van der Waals surface area contributed by atoms with Crippen LogP contribution in [0.3, 0.4) is 0 Å². The van der Waals surface area contributed by atoms with Crippen molar-refractivity contribution in [1.82, 2.24) is 9.91 Å². The van der Waals surface area contributed by atoms with E-state index in [0.29, 0.717) is 30.5 Å². The number of phenols is 1. The molecule has 0 saturated heterocycles. The molecule has 0 spiro atoms. The molecule has 1 fully saturated rings. The fourth-order valence-electron chi connectivity index (χ4n) is 6.77. The fraction of sp³-hybridized carbons (Fsp3) is 0.552. The standard InChI is InChI=1S/C29H41N5O6/c1-29(2,3)12-34(31)11-14-10-17(32(4)5)15-8-13-9-16-20(25(37)18(13)24(36)19(15)23(14)35)26(38)21(28(30)40)27(39)22(16)33(6)7/h10,13,16,20,22,35-36,39H,8-9,11-12,31H2,1-7H3,(H2,30,40)/t13-,16+,20?,22-/m0/s1. The molecule has 4 rings (SSSR count). The molecule has 1 amide bonds. The molecule has 40 heavy (non-hydrogen) atoms. The molecule has 11 nitrogen and oxygen atoms in total. The SMILES string of the molecule is CN(C)c1cc(CN(N)CC(C)(C)C)c(O)c2c1C[C@H]1C[C@@H]3C(C(=O)C(C(N)=O)=C(O)[C@H]3N(C)C)C(=O)C1=C2O. The highest BCUT2D eigenvalue weighted by Gasteiger charge is 2.56. The van der Waals surface area contributed by atoms with Crippen LogP contribution in [0.2, 0.25) is 0 Å². The minimum Gasteiger partial charge on any atom is -0.510 e. The third-order valence-electron chi connectivity index (χ3n) is 8.15. The lowest BCUT2D eigenvalue weighted by atomic mass is 9.59. The predicted octanol–water partition coefficient (Wildman–Crippen LogP) is 1.64. The van der Waals surface area contributed by atoms with Gasteiger partial charge in [-0.3, -0.25) is 25.1 Å². The van der Waals surface area contributed by atoms with Gasteiger partial charge in [-0.1, -0.05) is 20.8 Å². The van der Waals surface area contributed by atoms with Gasteiger partial charge in [0.15, 0.2) is 11.6 Å². The lowest BCUT2D eigenvalue weighted by Gasteiger charge is -2.46. The van der Waals surface area contributed by atoms with Crippen molar-refractivity contribution in [3.8, 4) is 5.75 Å². The highest BCUT2D eigenvalue weighted by molar-refractivity contribution is 6.28. The van der Waals surface area contributed by atoms with Crippen LogP contribution in [0.1, 0.15) is 43.9 Å². The van der Waals surface area contributed by atoms with Crippen molar-refractivity contribution >= 4 is 28.9 Å². The summed E-state index contributed by atoms with van der Waals surface area (Å²) in [5, 5.41) is 35.5. The van der Waals surface area contributed by atoms with Gasteiger partial charge in [-0.15, -0.1) is 0 Å². The second-order valence-corrected chi connectivity index (χ2v) is 12.9. The van der Waals surface area contributed by atoms with Crippen molar-refractivity contribution in [2.75, 3.05) is 39.6 Å². The summed E-state index contributed by atoms with van der Waals surface area (Å²) in [6.07, 6.45) is 0.637. The van der Waals surface area contributed by atoms with Crippen LogP contribution in [0.4, 0.5) is 5.69 Å². The van der Waals surface area contributed by atoms with Gasteiger partial charge in [-0.2, -0.15) is 0 Å². The van der Waals surface area contributed by atoms with Gasteiger partial charge in [0.05, 0.1) is 17.5 Å². The number of hydrogen-bond acceptors (Lipinski definition) is 10. The predicted molar refractivity (Wildman–Crippen MR) is 151 cm³/mol. The van der Waals surface area contributed by atoms with E-state index in [1.165, 1.54) is 0 Å². The molecule has 4 atom stereocenters. The lowest BCUT2D eigenvalue weighted by Crippen LogP contribution is -2.55. The summed E-state index contributed by atoms with van der Waals surface area (Å²) in [6.45, 7) is 6.91. The normalized spacial score (nSPS) is 24.9. The number of allylic oxidation sites excluding steroid dienone is 1. The molecule has 1 aromatic carbocycles. The number of primary amides is 1. The van der Waals surface area contributed by atoms with Crippen LogP contribution < -0.4 is 16.5 Å². The van der Waals surface area contributed by atoms with E-state index in [-0.39, 0.29) is 34.6 Å². The second-order valence-electron chi connectivity index (χ2n) is 12.9. The molecule has 7 N–H and O–H groups in total. The number of anilines is 1. The number of benzene rings is 1. The van der Waals surface area contributed by atoms with E-state index in [0.717, 1.165) is 5.69 Å². The Morgan fingerprint density at radius 2 is 1.70 bits per heavy atom. The molecule has 0 aromatic heterocycles. The van der Waals surface area contributed by atoms with Crippen LogP contribution in [0, 0.1) is 23.2 Å².